The number of rotatable bonds is 8. The third-order valence-electron chi connectivity index (χ3n) is 7.43. The highest BCUT2D eigenvalue weighted by Gasteiger charge is 2.27. The van der Waals surface area contributed by atoms with Crippen molar-refractivity contribution in [3.63, 3.8) is 0 Å². The predicted molar refractivity (Wildman–Crippen MR) is 153 cm³/mol. The van der Waals surface area contributed by atoms with E-state index in [1.165, 1.54) is 31.2 Å². The normalized spacial score (nSPS) is 15.8. The second-order valence-electron chi connectivity index (χ2n) is 10.6. The average Bonchev–Trinajstić information content (AvgIpc) is 3.88. The molecule has 196 valence electrons. The van der Waals surface area contributed by atoms with Gasteiger partial charge in [0.05, 0.1) is 40.2 Å². The molecule has 0 aliphatic heterocycles. The number of carbonyl (C=O) groups is 1. The molecular weight excluding hydrogens is 506 g/mol. The van der Waals surface area contributed by atoms with Gasteiger partial charge in [-0.05, 0) is 86.4 Å². The molecule has 8 nitrogen and oxygen atoms in total. The summed E-state index contributed by atoms with van der Waals surface area (Å²) < 4.78 is 2.00. The third kappa shape index (κ3) is 5.02. The van der Waals surface area contributed by atoms with E-state index < -0.39 is 0 Å². The van der Waals surface area contributed by atoms with Crippen LogP contribution in [0.4, 0.5) is 11.6 Å². The summed E-state index contributed by atoms with van der Waals surface area (Å²) >= 11 is 1.59. The largest absolute Gasteiger partial charge is 0.344 e. The molecule has 0 spiro atoms. The molecule has 2 saturated carbocycles. The van der Waals surface area contributed by atoms with Gasteiger partial charge < -0.3 is 10.6 Å². The number of nitrogens with one attached hydrogen (secondary N) is 2. The van der Waals surface area contributed by atoms with Gasteiger partial charge in [-0.3, -0.25) is 9.48 Å². The van der Waals surface area contributed by atoms with Crippen LogP contribution < -0.4 is 10.6 Å². The number of amides is 1. The fraction of sp³-hybridized carbons (Fsp3) is 0.300. The van der Waals surface area contributed by atoms with Gasteiger partial charge in [-0.25, -0.2) is 15.0 Å². The van der Waals surface area contributed by atoms with Crippen LogP contribution in [0.5, 0.6) is 0 Å². The molecule has 7 rings (SSSR count). The Morgan fingerprint density at radius 3 is 2.72 bits per heavy atom. The second kappa shape index (κ2) is 9.57. The Labute approximate surface area is 230 Å². The number of hydrogen-bond donors (Lipinski definition) is 2. The topological polar surface area (TPSA) is 97.6 Å². The molecule has 1 atom stereocenters. The number of anilines is 2. The Bertz CT molecular complexity index is 1700. The summed E-state index contributed by atoms with van der Waals surface area (Å²) in [5.74, 6) is 0.998. The van der Waals surface area contributed by atoms with Gasteiger partial charge in [-0.1, -0.05) is 12.1 Å². The quantitative estimate of drug-likeness (QED) is 0.229. The molecule has 3 aromatic heterocycles. The summed E-state index contributed by atoms with van der Waals surface area (Å²) in [5, 5.41) is 14.8. The van der Waals surface area contributed by atoms with E-state index in [1.54, 1.807) is 11.3 Å². The molecule has 39 heavy (non-hydrogen) atoms. The number of aromatic nitrogens is 5. The van der Waals surface area contributed by atoms with Gasteiger partial charge in [-0.15, -0.1) is 11.3 Å². The third-order valence-corrected chi connectivity index (χ3v) is 8.22. The zero-order valence-corrected chi connectivity index (χ0v) is 22.7. The molecule has 2 aliphatic rings. The molecule has 9 heteroatoms. The van der Waals surface area contributed by atoms with Crippen LogP contribution in [-0.4, -0.2) is 30.6 Å². The highest BCUT2D eigenvalue weighted by Crippen LogP contribution is 2.45. The van der Waals surface area contributed by atoms with Crippen LogP contribution in [0.15, 0.2) is 60.4 Å². The van der Waals surface area contributed by atoms with Gasteiger partial charge in [0.25, 0.3) is 5.91 Å². The number of thiazole rings is 1. The number of fused-ring (bicyclic) bond motifs is 1. The van der Waals surface area contributed by atoms with Crippen molar-refractivity contribution in [1.29, 1.82) is 0 Å². The first-order chi connectivity index (χ1) is 19.0. The molecule has 1 amide bonds. The minimum atomic E-state index is -0.155. The number of aryl methyl sites for hydroxylation is 1. The summed E-state index contributed by atoms with van der Waals surface area (Å²) in [7, 11) is 0. The maximum Gasteiger partial charge on any atom is 0.251 e. The van der Waals surface area contributed by atoms with Crippen molar-refractivity contribution in [2.24, 2.45) is 0 Å². The van der Waals surface area contributed by atoms with E-state index in [-0.39, 0.29) is 11.9 Å². The SMILES string of the molecule is Cc1nc(C(C)NC(=O)c2ccc(C3CC3)c(-c3ccc4nc(Nc5cnn(C6CC6)c5)ncc4c3)c2)cs1. The molecule has 5 aromatic rings. The molecular formula is C30H29N7OS. The predicted octanol–water partition coefficient (Wildman–Crippen LogP) is 6.71. The van der Waals surface area contributed by atoms with E-state index in [2.05, 4.69) is 43.9 Å². The number of carbonyl (C=O) groups excluding carboxylic acids is 1. The molecule has 0 bridgehead atoms. The molecule has 3 heterocycles. The summed E-state index contributed by atoms with van der Waals surface area (Å²) in [6, 6.07) is 12.7. The van der Waals surface area contributed by atoms with Crippen molar-refractivity contribution in [3.8, 4) is 11.1 Å². The van der Waals surface area contributed by atoms with Crippen LogP contribution in [-0.2, 0) is 0 Å². The van der Waals surface area contributed by atoms with Crippen molar-refractivity contribution in [2.45, 2.75) is 57.5 Å². The van der Waals surface area contributed by atoms with E-state index >= 15 is 0 Å². The number of benzene rings is 2. The number of hydrogen-bond acceptors (Lipinski definition) is 7. The molecule has 2 aromatic carbocycles. The van der Waals surface area contributed by atoms with Crippen molar-refractivity contribution in [1.82, 2.24) is 30.0 Å². The maximum atomic E-state index is 13.2. The van der Waals surface area contributed by atoms with Crippen molar-refractivity contribution in [3.05, 3.63) is 82.2 Å². The minimum Gasteiger partial charge on any atom is -0.344 e. The fourth-order valence-electron chi connectivity index (χ4n) is 4.96. The van der Waals surface area contributed by atoms with Crippen LogP contribution in [0.3, 0.4) is 0 Å². The van der Waals surface area contributed by atoms with Gasteiger partial charge in [0.1, 0.15) is 0 Å². The zero-order valence-electron chi connectivity index (χ0n) is 21.9. The Morgan fingerprint density at radius 2 is 1.95 bits per heavy atom. The lowest BCUT2D eigenvalue weighted by atomic mass is 9.93. The molecule has 0 saturated heterocycles. The van der Waals surface area contributed by atoms with Crippen molar-refractivity contribution < 1.29 is 4.79 Å². The van der Waals surface area contributed by atoms with Crippen LogP contribution in [0.2, 0.25) is 0 Å². The monoisotopic (exact) mass is 535 g/mol. The van der Waals surface area contributed by atoms with Crippen LogP contribution in [0.25, 0.3) is 22.0 Å². The van der Waals surface area contributed by atoms with E-state index in [0.717, 1.165) is 38.4 Å². The Morgan fingerprint density at radius 1 is 1.08 bits per heavy atom. The van der Waals surface area contributed by atoms with Crippen molar-refractivity contribution >= 4 is 39.8 Å². The van der Waals surface area contributed by atoms with Gasteiger partial charge in [0.15, 0.2) is 0 Å². The van der Waals surface area contributed by atoms with Gasteiger partial charge in [-0.2, -0.15) is 5.10 Å². The summed E-state index contributed by atoms with van der Waals surface area (Å²) in [6.45, 7) is 3.94. The first-order valence-corrected chi connectivity index (χ1v) is 14.3. The van der Waals surface area contributed by atoms with Crippen LogP contribution >= 0.6 is 11.3 Å². The Kier molecular flexibility index (Phi) is 5.88. The van der Waals surface area contributed by atoms with E-state index in [9.17, 15) is 4.79 Å². The van der Waals surface area contributed by atoms with Crippen LogP contribution in [0.1, 0.15) is 77.2 Å². The second-order valence-corrected chi connectivity index (χ2v) is 11.7. The van der Waals surface area contributed by atoms with Gasteiger partial charge in [0.2, 0.25) is 5.95 Å². The molecule has 1 unspecified atom stereocenters. The fourth-order valence-corrected chi connectivity index (χ4v) is 5.67. The highest BCUT2D eigenvalue weighted by molar-refractivity contribution is 7.09. The van der Waals surface area contributed by atoms with Gasteiger partial charge in [0, 0.05) is 28.7 Å². The first kappa shape index (κ1) is 24.0. The minimum absolute atomic E-state index is 0.0957. The molecule has 2 aliphatic carbocycles. The summed E-state index contributed by atoms with van der Waals surface area (Å²) in [4.78, 5) is 27.0. The molecule has 2 fully saturated rings. The van der Waals surface area contributed by atoms with E-state index in [0.29, 0.717) is 23.5 Å². The van der Waals surface area contributed by atoms with Gasteiger partial charge >= 0.3 is 0 Å². The Hall–Kier alpha value is -4.11. The summed E-state index contributed by atoms with van der Waals surface area (Å²) in [6.07, 6.45) is 10.4. The lowest BCUT2D eigenvalue weighted by Crippen LogP contribution is -2.27. The average molecular weight is 536 g/mol. The number of nitrogens with zero attached hydrogens (tertiary/aromatic N) is 5. The lowest BCUT2D eigenvalue weighted by molar-refractivity contribution is 0.0939. The van der Waals surface area contributed by atoms with Crippen LogP contribution in [0, 0.1) is 6.92 Å². The summed E-state index contributed by atoms with van der Waals surface area (Å²) in [5.41, 5.74) is 6.75. The first-order valence-electron chi connectivity index (χ1n) is 13.5. The van der Waals surface area contributed by atoms with E-state index in [1.807, 2.05) is 60.7 Å². The molecule has 0 radical (unpaired) electrons. The highest BCUT2D eigenvalue weighted by atomic mass is 32.1. The van der Waals surface area contributed by atoms with E-state index in [4.69, 9.17) is 4.98 Å². The molecule has 2 N–H and O–H groups in total. The van der Waals surface area contributed by atoms with Crippen molar-refractivity contribution in [2.75, 3.05) is 5.32 Å². The maximum absolute atomic E-state index is 13.2. The Balaban J connectivity index is 1.15. The zero-order chi connectivity index (χ0) is 26.5. The standard InChI is InChI=1S/C30H29N7OS/c1-17(28-16-39-18(2)34-28)33-29(38)21-5-9-25(19-3-4-19)26(12-21)20-6-10-27-22(11-20)13-31-30(36-27)35-23-14-32-37(15-23)24-7-8-24/h5-6,9-17,19,24H,3-4,7-8H2,1-2H3,(H,33,38)(H,31,35,36). The lowest BCUT2D eigenvalue weighted by Gasteiger charge is -2.15. The smallest absolute Gasteiger partial charge is 0.251 e.